The molecule has 49 heavy (non-hydrogen) atoms. The molecule has 0 atom stereocenters. The van der Waals surface area contributed by atoms with Crippen LogP contribution in [0.1, 0.15) is 18.9 Å². The zero-order valence-electron chi connectivity index (χ0n) is 25.5. The van der Waals surface area contributed by atoms with E-state index in [2.05, 4.69) is 16.0 Å². The van der Waals surface area contributed by atoms with E-state index in [4.69, 9.17) is 13.7 Å². The molecule has 23 nitrogen and oxygen atoms in total. The first-order chi connectivity index (χ1) is 20.0. The van der Waals surface area contributed by atoms with Gasteiger partial charge in [0.1, 0.15) is 0 Å². The minimum absolute atomic E-state index is 0. The van der Waals surface area contributed by atoms with Gasteiger partial charge in [0.25, 0.3) is 10.1 Å². The van der Waals surface area contributed by atoms with Crippen molar-refractivity contribution in [2.75, 3.05) is 29.7 Å². The van der Waals surface area contributed by atoms with Gasteiger partial charge < -0.3 is 19.0 Å². The van der Waals surface area contributed by atoms with Crippen LogP contribution in [-0.2, 0) is 82.1 Å². The van der Waals surface area contributed by atoms with Crippen LogP contribution in [-0.4, -0.2) is 124 Å². The molecule has 1 aromatic rings. The number of benzene rings is 1. The zero-order valence-corrected chi connectivity index (χ0v) is 42.2. The predicted molar refractivity (Wildman–Crippen MR) is 154 cm³/mol. The van der Waals surface area contributed by atoms with Crippen LogP contribution in [0.25, 0.3) is 0 Å². The third-order valence-corrected chi connectivity index (χ3v) is 13.4. The first-order valence-electron chi connectivity index (χ1n) is 10.6. The number of halogens is 1. The maximum atomic E-state index is 12.0. The van der Waals surface area contributed by atoms with Crippen molar-refractivity contribution in [1.82, 2.24) is 5.32 Å². The average Bonchev–Trinajstić information content (AvgIpc) is 2.77. The zero-order chi connectivity index (χ0) is 37.6. The van der Waals surface area contributed by atoms with E-state index < -0.39 is 86.6 Å². The first kappa shape index (κ1) is 64.6. The summed E-state index contributed by atoms with van der Waals surface area (Å²) in [6.45, 7) is 3.17. The molecule has 276 valence electrons. The molecule has 0 amide bonds. The van der Waals surface area contributed by atoms with Crippen LogP contribution < -0.4 is 159 Å². The van der Waals surface area contributed by atoms with E-state index in [0.717, 1.165) is 13.0 Å². The van der Waals surface area contributed by atoms with Gasteiger partial charge in [0, 0.05) is 23.0 Å². The molecule has 35 heteroatoms. The van der Waals surface area contributed by atoms with Crippen molar-refractivity contribution in [2.24, 2.45) is 0 Å². The molecule has 0 saturated heterocycles. The third-order valence-electron chi connectivity index (χ3n) is 3.70. The van der Waals surface area contributed by atoms with Crippen molar-refractivity contribution >= 4 is 86.4 Å². The van der Waals surface area contributed by atoms with E-state index in [-0.39, 0.29) is 171 Å². The molecule has 4 N–H and O–H groups in total. The van der Waals surface area contributed by atoms with E-state index in [1.54, 1.807) is 0 Å². The van der Waals surface area contributed by atoms with Crippen molar-refractivity contribution in [3.05, 3.63) is 29.8 Å². The number of hydrogen-bond donors (Lipinski definition) is 4. The number of rotatable bonds is 13. The summed E-state index contributed by atoms with van der Waals surface area (Å²) in [7, 11) is -33.8. The van der Waals surface area contributed by atoms with Crippen molar-refractivity contribution < 1.29 is 249 Å². The predicted octanol–water partition coefficient (Wildman–Crippen LogP) is -12.4. The number of nitrogens with one attached hydrogen (secondary N) is 1. The maximum absolute atomic E-state index is 12.0. The van der Waals surface area contributed by atoms with Crippen LogP contribution in [0.2, 0.25) is 0 Å². The second-order valence-electron chi connectivity index (χ2n) is 7.64. The summed E-state index contributed by atoms with van der Waals surface area (Å²) in [5.41, 5.74) is 0.623. The molecule has 0 bridgehead atoms. The minimum Gasteiger partial charge on any atom is -0.748 e. The summed E-state index contributed by atoms with van der Waals surface area (Å²) in [5.74, 6) is -0.471. The molecule has 0 aliphatic rings. The van der Waals surface area contributed by atoms with Gasteiger partial charge in [0.15, 0.2) is 33.2 Å². The van der Waals surface area contributed by atoms with Gasteiger partial charge in [-0.15, -0.1) is 0 Å². The first-order valence-corrected chi connectivity index (χ1v) is 24.7. The van der Waals surface area contributed by atoms with E-state index >= 15 is 0 Å². The standard InChI is InChI=1S/C13H21NO5S2.CH3ClO5S2.3K.2H2O6S2/c1-2-8-14-9-11-20(15,16)13-5-3-12(4-6-13)7-10-21(17,18)19;2-8(3,4)1-9(5,6)7;;;;2*1-7(2,3)8(4,5)6/h3-6,14H,2,7-11H2,1H3,(H,17,18,19);1H2,(H,5,6,7);;;;2*(H,1,2,3)(H,4,5,6)/q;;3*+1;;/p-3. The van der Waals surface area contributed by atoms with Crippen LogP contribution in [0.3, 0.4) is 0 Å². The van der Waals surface area contributed by atoms with Gasteiger partial charge in [0.2, 0.25) is 9.05 Å². The van der Waals surface area contributed by atoms with E-state index in [1.165, 1.54) is 24.3 Å². The van der Waals surface area contributed by atoms with Gasteiger partial charge in [-0.1, -0.05) is 19.1 Å². The van der Waals surface area contributed by atoms with Crippen LogP contribution in [0.5, 0.6) is 0 Å². The van der Waals surface area contributed by atoms with Gasteiger partial charge in [0.05, 0.1) is 20.8 Å². The summed E-state index contributed by atoms with van der Waals surface area (Å²) in [6.07, 6.45) is 1.03. The second kappa shape index (κ2) is 27.4. The summed E-state index contributed by atoms with van der Waals surface area (Å²) >= 11 is 0. The number of sulfone groups is 1. The molecule has 0 unspecified atom stereocenters. The molecule has 1 rings (SSSR count). The molecule has 1 aromatic carbocycles. The molecule has 0 heterocycles. The monoisotopic (exact) mass is 967 g/mol. The molecule has 0 spiro atoms. The Bertz CT molecular complexity index is 1870. The van der Waals surface area contributed by atoms with Gasteiger partial charge in [-0.2, -0.15) is 25.3 Å². The van der Waals surface area contributed by atoms with Crippen molar-refractivity contribution in [2.45, 2.75) is 24.7 Å². The molecular weight excluding hydrogens is 943 g/mol. The average molecular weight is 969 g/mol. The summed E-state index contributed by atoms with van der Waals surface area (Å²) in [5, 5.41) is 1.59. The summed E-state index contributed by atoms with van der Waals surface area (Å²) in [6, 6.07) is 5.97. The quantitative estimate of drug-likeness (QED) is 0.0469. The fourth-order valence-electron chi connectivity index (χ4n) is 1.91. The fourth-order valence-corrected chi connectivity index (χ4v) is 6.03. The second-order valence-corrected chi connectivity index (χ2v) is 24.2. The largest absolute Gasteiger partial charge is 1.00 e. The number of aryl methyl sites for hydroxylation is 1. The van der Waals surface area contributed by atoms with Crippen molar-refractivity contribution in [1.29, 1.82) is 0 Å². The Morgan fingerprint density at radius 3 is 1.22 bits per heavy atom. The van der Waals surface area contributed by atoms with Crippen LogP contribution in [0.4, 0.5) is 0 Å². The van der Waals surface area contributed by atoms with E-state index in [1.807, 2.05) is 6.92 Å². The Balaban J connectivity index is -0.000000139. The van der Waals surface area contributed by atoms with Gasteiger partial charge in [-0.05, 0) is 37.1 Å². The van der Waals surface area contributed by atoms with Crippen LogP contribution in [0, 0.1) is 0 Å². The van der Waals surface area contributed by atoms with Crippen LogP contribution >= 0.6 is 10.7 Å². The molecule has 0 fully saturated rings. The van der Waals surface area contributed by atoms with Gasteiger partial charge in [-0.25, -0.2) is 42.1 Å². The Morgan fingerprint density at radius 1 is 0.633 bits per heavy atom. The molecule has 0 aliphatic heterocycles. The summed E-state index contributed by atoms with van der Waals surface area (Å²) in [4.78, 5) is 0.203. The van der Waals surface area contributed by atoms with E-state index in [0.29, 0.717) is 12.1 Å². The van der Waals surface area contributed by atoms with Crippen molar-refractivity contribution in [3.8, 4) is 0 Å². The Labute approximate surface area is 415 Å². The molecule has 0 radical (unpaired) electrons. The summed E-state index contributed by atoms with van der Waals surface area (Å²) < 4.78 is 210. The van der Waals surface area contributed by atoms with Crippen LogP contribution in [0.15, 0.2) is 29.2 Å². The maximum Gasteiger partial charge on any atom is 1.00 e. The van der Waals surface area contributed by atoms with Gasteiger partial charge >= 0.3 is 172 Å². The Hall–Kier alpha value is 3.74. The molecule has 0 aliphatic carbocycles. The van der Waals surface area contributed by atoms with Gasteiger partial charge in [-0.3, -0.25) is 13.7 Å². The minimum atomic E-state index is -5.67. The Morgan fingerprint density at radius 2 is 1.00 bits per heavy atom. The molecular formula is C14H25ClK3NO22S8. The Kier molecular flexibility index (Phi) is 36.1. The topological polar surface area (TPSA) is 415 Å². The SMILES string of the molecule is CCCNCCS(=O)(=O)c1ccc(CCS(=O)(=O)[O-])cc1.O=S(=O)(O)CS(=O)(=O)Cl.O=S(=O)(O)S(=O)(=O)O.O=S(=O)([O-])S(=O)(=O)[O-].[K+].[K+].[K+]. The van der Waals surface area contributed by atoms with Crippen molar-refractivity contribution in [3.63, 3.8) is 0 Å². The molecule has 0 saturated carbocycles. The smallest absolute Gasteiger partial charge is 0.748 e. The fraction of sp³-hybridized carbons (Fsp3) is 0.571. The third kappa shape index (κ3) is 39.8. The molecule has 0 aromatic heterocycles. The number of hydrogen-bond acceptors (Lipinski definition) is 20. The van der Waals surface area contributed by atoms with E-state index in [9.17, 15) is 81.0 Å². The normalized spacial score (nSPS) is 12.3.